The Balaban J connectivity index is 1.54. The molecule has 0 radical (unpaired) electrons. The Bertz CT molecular complexity index is 1410. The molecule has 1 aliphatic rings. The Morgan fingerprint density at radius 1 is 1.11 bits per heavy atom. The van der Waals surface area contributed by atoms with Crippen LogP contribution >= 0.6 is 0 Å². The smallest absolute Gasteiger partial charge is 0.338 e. The van der Waals surface area contributed by atoms with Crippen LogP contribution < -0.4 is 5.73 Å². The minimum Gasteiger partial charge on any atom is -0.479 e. The maximum absolute atomic E-state index is 14.0. The lowest BCUT2D eigenvalue weighted by Crippen LogP contribution is -2.29. The van der Waals surface area contributed by atoms with E-state index in [0.717, 1.165) is 16.8 Å². The largest absolute Gasteiger partial charge is 0.479 e. The Labute approximate surface area is 200 Å². The summed E-state index contributed by atoms with van der Waals surface area (Å²) in [6, 6.07) is 9.69. The van der Waals surface area contributed by atoms with Crippen LogP contribution in [0, 0.1) is 5.92 Å². The van der Waals surface area contributed by atoms with Gasteiger partial charge in [0.2, 0.25) is 0 Å². The first-order chi connectivity index (χ1) is 16.8. The Morgan fingerprint density at radius 3 is 2.49 bits per heavy atom. The SMILES string of the molecule is CC(=O)c1c(N)n2ncc(-c3cnn(-c4ccccc4)c3)c2nc1[C@H]1CC[C@H]([C@H](F)C(=O)O)CC1. The molecular weight excluding hydrogens is 451 g/mol. The number of nitrogen functional groups attached to an aromatic ring is 1. The third-order valence-electron chi connectivity index (χ3n) is 6.79. The predicted molar refractivity (Wildman–Crippen MR) is 127 cm³/mol. The van der Waals surface area contributed by atoms with E-state index in [1.807, 2.05) is 36.5 Å². The van der Waals surface area contributed by atoms with Crippen molar-refractivity contribution in [3.8, 4) is 16.8 Å². The van der Waals surface area contributed by atoms with Crippen molar-refractivity contribution in [1.82, 2.24) is 24.4 Å². The molecule has 0 amide bonds. The Hall–Kier alpha value is -4.08. The molecule has 1 aliphatic carbocycles. The van der Waals surface area contributed by atoms with Gasteiger partial charge in [-0.2, -0.15) is 14.7 Å². The van der Waals surface area contributed by atoms with Crippen LogP contribution in [0.4, 0.5) is 10.2 Å². The van der Waals surface area contributed by atoms with Crippen molar-refractivity contribution in [3.63, 3.8) is 0 Å². The molecule has 3 heterocycles. The molecule has 0 bridgehead atoms. The second kappa shape index (κ2) is 8.94. The summed E-state index contributed by atoms with van der Waals surface area (Å²) in [6.07, 6.45) is 5.21. The van der Waals surface area contributed by atoms with Crippen LogP contribution in [0.15, 0.2) is 48.9 Å². The van der Waals surface area contributed by atoms with Gasteiger partial charge in [-0.1, -0.05) is 18.2 Å². The Morgan fingerprint density at radius 2 is 1.83 bits per heavy atom. The Kier molecular flexibility index (Phi) is 5.80. The number of anilines is 1. The number of hydrogen-bond donors (Lipinski definition) is 2. The molecule has 9 nitrogen and oxygen atoms in total. The van der Waals surface area contributed by atoms with Gasteiger partial charge in [-0.25, -0.2) is 18.9 Å². The summed E-state index contributed by atoms with van der Waals surface area (Å²) in [5.41, 5.74) is 10.2. The second-order valence-electron chi connectivity index (χ2n) is 8.97. The van der Waals surface area contributed by atoms with Crippen LogP contribution in [-0.2, 0) is 4.79 Å². The molecule has 1 saturated carbocycles. The summed E-state index contributed by atoms with van der Waals surface area (Å²) in [5.74, 6) is -2.12. The standard InChI is InChI=1S/C25H25FN6O3/c1-14(33)20-22(16-9-7-15(8-10-16)21(26)25(34)35)30-24-19(12-29-32(24)23(20)27)17-11-28-31(13-17)18-5-3-2-4-6-18/h2-6,11-13,15-16,21H,7-10,27H2,1H3,(H,34,35)/t15-,16-,21-/m0/s1. The van der Waals surface area contributed by atoms with Crippen molar-refractivity contribution in [2.75, 3.05) is 5.73 Å². The minimum atomic E-state index is -1.88. The summed E-state index contributed by atoms with van der Waals surface area (Å²) < 4.78 is 17.3. The first kappa shape index (κ1) is 22.7. The van der Waals surface area contributed by atoms with Crippen LogP contribution in [0.1, 0.15) is 54.6 Å². The lowest BCUT2D eigenvalue weighted by Gasteiger charge is -2.29. The summed E-state index contributed by atoms with van der Waals surface area (Å²) in [4.78, 5) is 28.5. The highest BCUT2D eigenvalue weighted by Crippen LogP contribution is 2.40. The number of aliphatic carboxylic acids is 1. The molecule has 0 spiro atoms. The van der Waals surface area contributed by atoms with Gasteiger partial charge in [-0.3, -0.25) is 4.79 Å². The number of carbonyl (C=O) groups is 2. The molecule has 1 fully saturated rings. The van der Waals surface area contributed by atoms with E-state index >= 15 is 0 Å². The predicted octanol–water partition coefficient (Wildman–Crippen LogP) is 4.06. The molecule has 3 N–H and O–H groups in total. The fraction of sp³-hybridized carbons (Fsp3) is 0.320. The number of aromatic nitrogens is 5. The van der Waals surface area contributed by atoms with Crippen LogP contribution in [0.5, 0.6) is 0 Å². The molecule has 180 valence electrons. The molecule has 35 heavy (non-hydrogen) atoms. The fourth-order valence-electron chi connectivity index (χ4n) is 4.96. The lowest BCUT2D eigenvalue weighted by molar-refractivity contribution is -0.145. The maximum atomic E-state index is 14.0. The van der Waals surface area contributed by atoms with Crippen LogP contribution in [0.2, 0.25) is 0 Å². The number of carboxylic acid groups (broad SMARTS) is 1. The van der Waals surface area contributed by atoms with E-state index in [1.165, 1.54) is 11.4 Å². The number of nitrogens with zero attached hydrogens (tertiary/aromatic N) is 5. The van der Waals surface area contributed by atoms with Gasteiger partial charge >= 0.3 is 5.97 Å². The van der Waals surface area contributed by atoms with Gasteiger partial charge in [0.1, 0.15) is 5.82 Å². The number of nitrogens with two attached hydrogens (primary N) is 1. The molecule has 10 heteroatoms. The summed E-state index contributed by atoms with van der Waals surface area (Å²) in [7, 11) is 0. The first-order valence-electron chi connectivity index (χ1n) is 11.5. The third-order valence-corrected chi connectivity index (χ3v) is 6.79. The van der Waals surface area contributed by atoms with E-state index in [9.17, 15) is 14.0 Å². The number of rotatable bonds is 6. The van der Waals surface area contributed by atoms with Crippen LogP contribution in [0.3, 0.4) is 0 Å². The van der Waals surface area contributed by atoms with Crippen molar-refractivity contribution in [2.45, 2.75) is 44.7 Å². The normalized spacial score (nSPS) is 19.0. The number of benzene rings is 1. The van der Waals surface area contributed by atoms with E-state index in [1.54, 1.807) is 17.1 Å². The minimum absolute atomic E-state index is 0.131. The van der Waals surface area contributed by atoms with E-state index in [4.69, 9.17) is 15.8 Å². The maximum Gasteiger partial charge on any atom is 0.338 e. The first-order valence-corrected chi connectivity index (χ1v) is 11.5. The number of carbonyl (C=O) groups excluding carboxylic acids is 1. The molecule has 3 aromatic heterocycles. The monoisotopic (exact) mass is 476 g/mol. The van der Waals surface area contributed by atoms with Gasteiger partial charge in [0.25, 0.3) is 0 Å². The van der Waals surface area contributed by atoms with Gasteiger partial charge < -0.3 is 10.8 Å². The molecule has 5 rings (SSSR count). The van der Waals surface area contributed by atoms with Crippen LogP contribution in [0.25, 0.3) is 22.5 Å². The molecule has 0 saturated heterocycles. The zero-order valence-electron chi connectivity index (χ0n) is 19.1. The number of ketones is 1. The molecule has 4 aromatic rings. The van der Waals surface area contributed by atoms with Gasteiger partial charge in [-0.05, 0) is 44.7 Å². The summed E-state index contributed by atoms with van der Waals surface area (Å²) in [6.45, 7) is 1.44. The summed E-state index contributed by atoms with van der Waals surface area (Å²) >= 11 is 0. The number of hydrogen-bond acceptors (Lipinski definition) is 6. The van der Waals surface area contributed by atoms with Gasteiger partial charge in [-0.15, -0.1) is 0 Å². The molecule has 0 unspecified atom stereocenters. The average Bonchev–Trinajstić information content (AvgIpc) is 3.51. The van der Waals surface area contributed by atoms with E-state index in [0.29, 0.717) is 42.6 Å². The van der Waals surface area contributed by atoms with E-state index in [-0.39, 0.29) is 17.5 Å². The lowest BCUT2D eigenvalue weighted by atomic mass is 9.77. The topological polar surface area (TPSA) is 128 Å². The highest BCUT2D eigenvalue weighted by atomic mass is 19.1. The number of carboxylic acids is 1. The zero-order valence-corrected chi connectivity index (χ0v) is 19.1. The van der Waals surface area contributed by atoms with Crippen molar-refractivity contribution in [1.29, 1.82) is 0 Å². The highest BCUT2D eigenvalue weighted by Gasteiger charge is 2.35. The molecule has 0 aliphatic heterocycles. The quantitative estimate of drug-likeness (QED) is 0.402. The van der Waals surface area contributed by atoms with Gasteiger partial charge in [0, 0.05) is 29.2 Å². The van der Waals surface area contributed by atoms with Crippen molar-refractivity contribution >= 4 is 23.2 Å². The van der Waals surface area contributed by atoms with Crippen LogP contribution in [-0.4, -0.2) is 47.4 Å². The molecule has 1 atom stereocenters. The molecule has 1 aromatic carbocycles. The number of fused-ring (bicyclic) bond motifs is 1. The highest BCUT2D eigenvalue weighted by molar-refractivity contribution is 6.00. The third kappa shape index (κ3) is 4.05. The fourth-order valence-corrected chi connectivity index (χ4v) is 4.96. The van der Waals surface area contributed by atoms with Gasteiger partial charge in [0.15, 0.2) is 17.6 Å². The zero-order chi connectivity index (χ0) is 24.7. The summed E-state index contributed by atoms with van der Waals surface area (Å²) in [5, 5.41) is 17.9. The van der Waals surface area contributed by atoms with Crippen molar-refractivity contribution < 1.29 is 19.1 Å². The number of halogens is 1. The number of Topliss-reactive ketones (excluding diaryl/α,β-unsaturated/α-hetero) is 1. The molecular formula is C25H25FN6O3. The van der Waals surface area contributed by atoms with E-state index in [2.05, 4.69) is 10.2 Å². The van der Waals surface area contributed by atoms with E-state index < -0.39 is 18.1 Å². The van der Waals surface area contributed by atoms with Crippen molar-refractivity contribution in [3.05, 3.63) is 60.2 Å². The van der Waals surface area contributed by atoms with Crippen molar-refractivity contribution in [2.24, 2.45) is 5.92 Å². The number of alkyl halides is 1. The number of para-hydroxylation sites is 1. The van der Waals surface area contributed by atoms with Gasteiger partial charge in [0.05, 0.1) is 29.3 Å². The average molecular weight is 477 g/mol. The second-order valence-corrected chi connectivity index (χ2v) is 8.97.